The van der Waals surface area contributed by atoms with Gasteiger partial charge in [-0.1, -0.05) is 30.7 Å². The zero-order valence-electron chi connectivity index (χ0n) is 17.4. The number of hydrogen-bond donors (Lipinski definition) is 1. The van der Waals surface area contributed by atoms with Crippen LogP contribution in [0.5, 0.6) is 5.75 Å². The van der Waals surface area contributed by atoms with Gasteiger partial charge in [-0.3, -0.25) is 9.80 Å². The van der Waals surface area contributed by atoms with Crippen molar-refractivity contribution in [3.8, 4) is 5.75 Å². The van der Waals surface area contributed by atoms with E-state index in [1.807, 2.05) is 32.0 Å². The maximum absolute atomic E-state index is 12.0. The van der Waals surface area contributed by atoms with Crippen LogP contribution in [0.2, 0.25) is 5.02 Å². The number of benzene rings is 2. The van der Waals surface area contributed by atoms with Crippen molar-refractivity contribution >= 4 is 22.6 Å². The molecule has 2 aromatic carbocycles. The van der Waals surface area contributed by atoms with E-state index in [1.54, 1.807) is 0 Å². The van der Waals surface area contributed by atoms with Crippen molar-refractivity contribution in [1.82, 2.24) is 9.80 Å². The molecule has 1 saturated heterocycles. The highest BCUT2D eigenvalue weighted by Crippen LogP contribution is 2.33. The molecule has 0 radical (unpaired) electrons. The van der Waals surface area contributed by atoms with E-state index in [0.29, 0.717) is 12.1 Å². The van der Waals surface area contributed by atoms with Crippen LogP contribution in [-0.4, -0.2) is 41.1 Å². The molecule has 0 unspecified atom stereocenters. The molecule has 30 heavy (non-hydrogen) atoms. The van der Waals surface area contributed by atoms with Gasteiger partial charge in [0.2, 0.25) is 0 Å². The Balaban J connectivity index is 1.51. The lowest BCUT2D eigenvalue weighted by atomic mass is 9.99. The highest BCUT2D eigenvalue weighted by molar-refractivity contribution is 6.30. The van der Waals surface area contributed by atoms with E-state index in [-0.39, 0.29) is 11.4 Å². The van der Waals surface area contributed by atoms with Crippen LogP contribution in [0.4, 0.5) is 0 Å². The standard InChI is InChI=1S/C24H27ClN2O3/c1-3-18-13-20-16(2)12-22(28)30-24(20)21(23(18)29)15-27-10-8-26(9-11-27)14-17-4-6-19(25)7-5-17/h4-7,12-13,29H,3,8-11,14-15H2,1-2H3. The summed E-state index contributed by atoms with van der Waals surface area (Å²) in [7, 11) is 0. The van der Waals surface area contributed by atoms with Gasteiger partial charge in [0.1, 0.15) is 11.3 Å². The lowest BCUT2D eigenvalue weighted by Crippen LogP contribution is -2.45. The average molecular weight is 427 g/mol. The highest BCUT2D eigenvalue weighted by atomic mass is 35.5. The van der Waals surface area contributed by atoms with E-state index < -0.39 is 0 Å². The summed E-state index contributed by atoms with van der Waals surface area (Å²) in [4.78, 5) is 16.7. The van der Waals surface area contributed by atoms with Gasteiger partial charge >= 0.3 is 5.63 Å². The quantitative estimate of drug-likeness (QED) is 0.615. The van der Waals surface area contributed by atoms with Crippen LogP contribution in [0.25, 0.3) is 11.0 Å². The number of phenolic OH excluding ortho intramolecular Hbond substituents is 1. The average Bonchev–Trinajstić information content (AvgIpc) is 2.73. The molecular formula is C24H27ClN2O3. The minimum atomic E-state index is -0.377. The smallest absolute Gasteiger partial charge is 0.336 e. The van der Waals surface area contributed by atoms with Crippen LogP contribution in [0.15, 0.2) is 45.6 Å². The number of phenols is 1. The van der Waals surface area contributed by atoms with Gasteiger partial charge < -0.3 is 9.52 Å². The number of rotatable bonds is 5. The Hall–Kier alpha value is -2.34. The molecule has 0 bridgehead atoms. The first-order valence-electron chi connectivity index (χ1n) is 10.4. The number of halogens is 1. The first-order valence-corrected chi connectivity index (χ1v) is 10.8. The van der Waals surface area contributed by atoms with Crippen molar-refractivity contribution in [2.24, 2.45) is 0 Å². The SMILES string of the molecule is CCc1cc2c(C)cc(=O)oc2c(CN2CCN(Cc3ccc(Cl)cc3)CC2)c1O. The van der Waals surface area contributed by atoms with Gasteiger partial charge in [-0.2, -0.15) is 0 Å². The summed E-state index contributed by atoms with van der Waals surface area (Å²) in [5.74, 6) is 0.252. The second-order valence-electron chi connectivity index (χ2n) is 8.02. The summed E-state index contributed by atoms with van der Waals surface area (Å²) in [5.41, 5.74) is 3.87. The molecule has 0 atom stereocenters. The molecule has 0 saturated carbocycles. The van der Waals surface area contributed by atoms with Crippen molar-refractivity contribution in [1.29, 1.82) is 0 Å². The van der Waals surface area contributed by atoms with E-state index in [4.69, 9.17) is 16.0 Å². The van der Waals surface area contributed by atoms with E-state index in [1.165, 1.54) is 11.6 Å². The molecule has 1 N–H and O–H groups in total. The Morgan fingerprint density at radius 2 is 1.67 bits per heavy atom. The van der Waals surface area contributed by atoms with Crippen molar-refractivity contribution in [2.75, 3.05) is 26.2 Å². The van der Waals surface area contributed by atoms with Gasteiger partial charge in [-0.05, 0) is 48.2 Å². The predicted octanol–water partition coefficient (Wildman–Crippen LogP) is 4.34. The molecule has 0 spiro atoms. The Morgan fingerprint density at radius 1 is 1.03 bits per heavy atom. The van der Waals surface area contributed by atoms with E-state index in [2.05, 4.69) is 21.9 Å². The molecule has 158 valence electrons. The summed E-state index contributed by atoms with van der Waals surface area (Å²) in [6.07, 6.45) is 0.724. The Kier molecular flexibility index (Phi) is 6.14. The monoisotopic (exact) mass is 426 g/mol. The normalized spacial score (nSPS) is 15.7. The lowest BCUT2D eigenvalue weighted by Gasteiger charge is -2.35. The number of fused-ring (bicyclic) bond motifs is 1. The third-order valence-electron chi connectivity index (χ3n) is 5.94. The molecule has 5 nitrogen and oxygen atoms in total. The third-order valence-corrected chi connectivity index (χ3v) is 6.19. The number of aromatic hydroxyl groups is 1. The number of nitrogens with zero attached hydrogens (tertiary/aromatic N) is 2. The largest absolute Gasteiger partial charge is 0.507 e. The lowest BCUT2D eigenvalue weighted by molar-refractivity contribution is 0.121. The Bertz CT molecular complexity index is 1100. The fraction of sp³-hybridized carbons (Fsp3) is 0.375. The van der Waals surface area contributed by atoms with Crippen LogP contribution < -0.4 is 5.63 Å². The molecule has 1 aliphatic heterocycles. The topological polar surface area (TPSA) is 56.9 Å². The molecule has 1 aliphatic rings. The summed E-state index contributed by atoms with van der Waals surface area (Å²) >= 11 is 5.98. The predicted molar refractivity (Wildman–Crippen MR) is 120 cm³/mol. The Labute approximate surface area is 181 Å². The van der Waals surface area contributed by atoms with Gasteiger partial charge in [0.15, 0.2) is 0 Å². The summed E-state index contributed by atoms with van der Waals surface area (Å²) in [6.45, 7) is 9.07. The highest BCUT2D eigenvalue weighted by Gasteiger charge is 2.22. The van der Waals surface area contributed by atoms with Gasteiger partial charge in [-0.15, -0.1) is 0 Å². The molecular weight excluding hydrogens is 400 g/mol. The zero-order valence-corrected chi connectivity index (χ0v) is 18.2. The van der Waals surface area contributed by atoms with Crippen LogP contribution in [0, 0.1) is 6.92 Å². The molecule has 1 aromatic heterocycles. The van der Waals surface area contributed by atoms with Crippen molar-refractivity contribution in [3.05, 3.63) is 74.1 Å². The number of aryl methyl sites for hydroxylation is 2. The van der Waals surface area contributed by atoms with Crippen molar-refractivity contribution < 1.29 is 9.52 Å². The molecule has 4 rings (SSSR count). The van der Waals surface area contributed by atoms with Gasteiger partial charge in [0, 0.05) is 55.7 Å². The molecule has 0 amide bonds. The van der Waals surface area contributed by atoms with Crippen LogP contribution in [-0.2, 0) is 19.5 Å². The van der Waals surface area contributed by atoms with E-state index in [0.717, 1.165) is 66.2 Å². The minimum Gasteiger partial charge on any atom is -0.507 e. The fourth-order valence-corrected chi connectivity index (χ4v) is 4.29. The fourth-order valence-electron chi connectivity index (χ4n) is 4.16. The van der Waals surface area contributed by atoms with Gasteiger partial charge in [-0.25, -0.2) is 4.79 Å². The van der Waals surface area contributed by atoms with Gasteiger partial charge in [0.05, 0.1) is 5.56 Å². The molecule has 2 heterocycles. The molecule has 1 fully saturated rings. The van der Waals surface area contributed by atoms with Crippen LogP contribution in [0.3, 0.4) is 0 Å². The van der Waals surface area contributed by atoms with Crippen LogP contribution >= 0.6 is 11.6 Å². The summed E-state index contributed by atoms with van der Waals surface area (Å²) in [5, 5.41) is 12.5. The first kappa shape index (κ1) is 20.9. The number of hydrogen-bond acceptors (Lipinski definition) is 5. The van der Waals surface area contributed by atoms with E-state index >= 15 is 0 Å². The first-order chi connectivity index (χ1) is 14.4. The van der Waals surface area contributed by atoms with Crippen molar-refractivity contribution in [2.45, 2.75) is 33.4 Å². The number of piperazine rings is 1. The molecule has 0 aliphatic carbocycles. The van der Waals surface area contributed by atoms with Crippen molar-refractivity contribution in [3.63, 3.8) is 0 Å². The van der Waals surface area contributed by atoms with E-state index in [9.17, 15) is 9.90 Å². The van der Waals surface area contributed by atoms with Gasteiger partial charge in [0.25, 0.3) is 0 Å². The summed E-state index contributed by atoms with van der Waals surface area (Å²) < 4.78 is 5.54. The zero-order chi connectivity index (χ0) is 21.3. The molecule has 3 aromatic rings. The minimum absolute atomic E-state index is 0.252. The maximum atomic E-state index is 12.0. The second kappa shape index (κ2) is 8.80. The Morgan fingerprint density at radius 3 is 2.30 bits per heavy atom. The third kappa shape index (κ3) is 4.38. The second-order valence-corrected chi connectivity index (χ2v) is 8.46. The summed E-state index contributed by atoms with van der Waals surface area (Å²) in [6, 6.07) is 11.4. The maximum Gasteiger partial charge on any atom is 0.336 e. The molecule has 6 heteroatoms. The van der Waals surface area contributed by atoms with Crippen LogP contribution in [0.1, 0.15) is 29.2 Å².